The molecule has 0 heterocycles. The normalized spacial score (nSPS) is 10.4. The summed E-state index contributed by atoms with van der Waals surface area (Å²) in [4.78, 5) is 1.000. The van der Waals surface area contributed by atoms with Crippen molar-refractivity contribution in [1.82, 2.24) is 0 Å². The van der Waals surface area contributed by atoms with Crippen molar-refractivity contribution in [3.05, 3.63) is 29.8 Å². The number of benzene rings is 1. The third-order valence-electron chi connectivity index (χ3n) is 2.07. The molecule has 0 aliphatic heterocycles. The summed E-state index contributed by atoms with van der Waals surface area (Å²) in [5, 5.41) is 0. The van der Waals surface area contributed by atoms with Crippen LogP contribution in [0, 0.1) is 0 Å². The van der Waals surface area contributed by atoms with Gasteiger partial charge in [-0.25, -0.2) is 0 Å². The molecule has 1 rings (SSSR count). The smallest absolute Gasteiger partial charge is 0.0717 e. The second-order valence-corrected chi connectivity index (χ2v) is 3.95. The average molecular weight is 210 g/mol. The third-order valence-corrected chi connectivity index (χ3v) is 2.35. The Kier molecular flexibility index (Phi) is 5.72. The first-order valence-corrected chi connectivity index (χ1v) is 5.63. The summed E-state index contributed by atoms with van der Waals surface area (Å²) in [6.07, 6.45) is 3.67. The first kappa shape index (κ1) is 11.6. The van der Waals surface area contributed by atoms with Gasteiger partial charge < -0.3 is 4.74 Å². The quantitative estimate of drug-likeness (QED) is 0.556. The molecule has 0 atom stereocenters. The lowest BCUT2D eigenvalue weighted by Gasteiger charge is -2.04. The molecule has 0 aliphatic rings. The Morgan fingerprint density at radius 3 is 2.86 bits per heavy atom. The Morgan fingerprint density at radius 2 is 2.14 bits per heavy atom. The molecule has 0 spiro atoms. The molecule has 0 unspecified atom stereocenters. The SMILES string of the molecule is CCCCCOCc1cccc(S)c1. The molecule has 0 saturated heterocycles. The van der Waals surface area contributed by atoms with Crippen LogP contribution in [0.3, 0.4) is 0 Å². The number of hydrogen-bond acceptors (Lipinski definition) is 2. The van der Waals surface area contributed by atoms with Crippen LogP contribution in [0.1, 0.15) is 31.7 Å². The van der Waals surface area contributed by atoms with Crippen molar-refractivity contribution >= 4 is 12.6 Å². The highest BCUT2D eigenvalue weighted by molar-refractivity contribution is 7.80. The van der Waals surface area contributed by atoms with Crippen LogP contribution in [0.2, 0.25) is 0 Å². The van der Waals surface area contributed by atoms with Crippen molar-refractivity contribution in [3.8, 4) is 0 Å². The van der Waals surface area contributed by atoms with Crippen molar-refractivity contribution < 1.29 is 4.74 Å². The molecule has 0 amide bonds. The van der Waals surface area contributed by atoms with Gasteiger partial charge in [-0.05, 0) is 24.1 Å². The highest BCUT2D eigenvalue weighted by atomic mass is 32.1. The minimum atomic E-state index is 0.706. The molecule has 14 heavy (non-hydrogen) atoms. The maximum Gasteiger partial charge on any atom is 0.0717 e. The number of thiol groups is 1. The minimum absolute atomic E-state index is 0.706. The van der Waals surface area contributed by atoms with E-state index in [9.17, 15) is 0 Å². The van der Waals surface area contributed by atoms with E-state index in [1.807, 2.05) is 18.2 Å². The van der Waals surface area contributed by atoms with E-state index >= 15 is 0 Å². The van der Waals surface area contributed by atoms with E-state index in [0.29, 0.717) is 6.61 Å². The summed E-state index contributed by atoms with van der Waals surface area (Å²) in [5.41, 5.74) is 1.20. The molecule has 0 saturated carbocycles. The van der Waals surface area contributed by atoms with Crippen molar-refractivity contribution in [1.29, 1.82) is 0 Å². The third kappa shape index (κ3) is 4.68. The molecule has 0 radical (unpaired) electrons. The van der Waals surface area contributed by atoms with Crippen molar-refractivity contribution in [2.45, 2.75) is 37.7 Å². The van der Waals surface area contributed by atoms with Crippen LogP contribution in [-0.4, -0.2) is 6.61 Å². The molecule has 0 aromatic heterocycles. The largest absolute Gasteiger partial charge is 0.377 e. The van der Waals surface area contributed by atoms with Crippen molar-refractivity contribution in [3.63, 3.8) is 0 Å². The Hall–Kier alpha value is -0.470. The molecule has 1 aromatic carbocycles. The zero-order valence-corrected chi connectivity index (χ0v) is 9.59. The number of hydrogen-bond donors (Lipinski definition) is 1. The van der Waals surface area contributed by atoms with Gasteiger partial charge in [-0.3, -0.25) is 0 Å². The molecular weight excluding hydrogens is 192 g/mol. The minimum Gasteiger partial charge on any atom is -0.377 e. The number of ether oxygens (including phenoxy) is 1. The second-order valence-electron chi connectivity index (χ2n) is 3.43. The van der Waals surface area contributed by atoms with Crippen molar-refractivity contribution in [2.24, 2.45) is 0 Å². The molecule has 2 heteroatoms. The van der Waals surface area contributed by atoms with Gasteiger partial charge in [0.1, 0.15) is 0 Å². The average Bonchev–Trinajstić information content (AvgIpc) is 2.18. The van der Waals surface area contributed by atoms with Gasteiger partial charge in [-0.2, -0.15) is 0 Å². The highest BCUT2D eigenvalue weighted by Crippen LogP contribution is 2.09. The second kappa shape index (κ2) is 6.91. The van der Waals surface area contributed by atoms with Gasteiger partial charge in [0.05, 0.1) is 6.61 Å². The summed E-state index contributed by atoms with van der Waals surface area (Å²) >= 11 is 4.28. The lowest BCUT2D eigenvalue weighted by molar-refractivity contribution is 0.117. The zero-order valence-electron chi connectivity index (χ0n) is 8.70. The van der Waals surface area contributed by atoms with Crippen LogP contribution < -0.4 is 0 Å². The van der Waals surface area contributed by atoms with Gasteiger partial charge >= 0.3 is 0 Å². The molecule has 1 aromatic rings. The predicted octanol–water partition coefficient (Wildman–Crippen LogP) is 3.68. The molecule has 0 fully saturated rings. The molecule has 78 valence electrons. The van der Waals surface area contributed by atoms with Gasteiger partial charge in [0.25, 0.3) is 0 Å². The Balaban J connectivity index is 2.18. The van der Waals surface area contributed by atoms with E-state index in [-0.39, 0.29) is 0 Å². The Bertz CT molecular complexity index is 260. The van der Waals surface area contributed by atoms with E-state index in [4.69, 9.17) is 4.74 Å². The molecule has 0 aliphatic carbocycles. The Morgan fingerprint density at radius 1 is 1.29 bits per heavy atom. The first-order valence-electron chi connectivity index (χ1n) is 5.18. The molecule has 1 nitrogen and oxygen atoms in total. The topological polar surface area (TPSA) is 9.23 Å². The van der Waals surface area contributed by atoms with Crippen LogP contribution in [0.4, 0.5) is 0 Å². The fourth-order valence-corrected chi connectivity index (χ4v) is 1.54. The van der Waals surface area contributed by atoms with Crippen molar-refractivity contribution in [2.75, 3.05) is 6.61 Å². The first-order chi connectivity index (χ1) is 6.83. The van der Waals surface area contributed by atoms with Crippen LogP contribution in [0.25, 0.3) is 0 Å². The lowest BCUT2D eigenvalue weighted by atomic mass is 10.2. The fraction of sp³-hybridized carbons (Fsp3) is 0.500. The highest BCUT2D eigenvalue weighted by Gasteiger charge is 1.93. The maximum absolute atomic E-state index is 5.54. The molecular formula is C12H18OS. The number of rotatable bonds is 6. The Labute approximate surface area is 91.9 Å². The van der Waals surface area contributed by atoms with Crippen LogP contribution >= 0.6 is 12.6 Å². The van der Waals surface area contributed by atoms with E-state index in [0.717, 1.165) is 17.9 Å². The summed E-state index contributed by atoms with van der Waals surface area (Å²) in [7, 11) is 0. The maximum atomic E-state index is 5.54. The summed E-state index contributed by atoms with van der Waals surface area (Å²) in [5.74, 6) is 0. The van der Waals surface area contributed by atoms with Crippen LogP contribution in [-0.2, 0) is 11.3 Å². The van der Waals surface area contributed by atoms with Crippen LogP contribution in [0.5, 0.6) is 0 Å². The predicted molar refractivity (Wildman–Crippen MR) is 62.9 cm³/mol. The van der Waals surface area contributed by atoms with Crippen LogP contribution in [0.15, 0.2) is 29.2 Å². The number of unbranched alkanes of at least 4 members (excludes halogenated alkanes) is 2. The zero-order chi connectivity index (χ0) is 10.2. The monoisotopic (exact) mass is 210 g/mol. The van der Waals surface area contributed by atoms with E-state index in [1.165, 1.54) is 18.4 Å². The van der Waals surface area contributed by atoms with Gasteiger partial charge in [-0.1, -0.05) is 31.9 Å². The van der Waals surface area contributed by atoms with Gasteiger partial charge in [0.15, 0.2) is 0 Å². The van der Waals surface area contributed by atoms with Gasteiger partial charge in [-0.15, -0.1) is 12.6 Å². The van der Waals surface area contributed by atoms with E-state index < -0.39 is 0 Å². The molecule has 0 bridgehead atoms. The van der Waals surface area contributed by atoms with Gasteiger partial charge in [0.2, 0.25) is 0 Å². The van der Waals surface area contributed by atoms with E-state index in [1.54, 1.807) is 0 Å². The fourth-order valence-electron chi connectivity index (χ4n) is 1.29. The lowest BCUT2D eigenvalue weighted by Crippen LogP contribution is -1.95. The summed E-state index contributed by atoms with van der Waals surface area (Å²) in [6.45, 7) is 3.77. The van der Waals surface area contributed by atoms with Gasteiger partial charge in [0, 0.05) is 11.5 Å². The summed E-state index contributed by atoms with van der Waals surface area (Å²) < 4.78 is 5.54. The van der Waals surface area contributed by atoms with E-state index in [2.05, 4.69) is 25.6 Å². The summed E-state index contributed by atoms with van der Waals surface area (Å²) in [6, 6.07) is 8.10. The standard InChI is InChI=1S/C12H18OS/c1-2-3-4-8-13-10-11-6-5-7-12(14)9-11/h5-7,9,14H,2-4,8,10H2,1H3. The molecule has 0 N–H and O–H groups in total.